The number of nitrogens with one attached hydrogen (secondary N) is 3. The van der Waals surface area contributed by atoms with Crippen molar-refractivity contribution in [1.29, 1.82) is 0 Å². The maximum absolute atomic E-state index is 12.4. The highest BCUT2D eigenvalue weighted by Crippen LogP contribution is 2.16. The molecule has 2 rings (SSSR count). The average Bonchev–Trinajstić information content (AvgIpc) is 2.71. The molecule has 3 amide bonds. The number of esters is 1. The summed E-state index contributed by atoms with van der Waals surface area (Å²) in [7, 11) is 1.52. The van der Waals surface area contributed by atoms with Crippen molar-refractivity contribution in [3.8, 4) is 5.75 Å². The van der Waals surface area contributed by atoms with E-state index >= 15 is 0 Å². The number of hydrogen-bond acceptors (Lipinski definition) is 5. The number of carbonyl (C=O) groups is 3. The predicted octanol–water partition coefficient (Wildman–Crippen LogP) is 3.02. The van der Waals surface area contributed by atoms with Gasteiger partial charge in [0.1, 0.15) is 11.8 Å². The lowest BCUT2D eigenvalue weighted by Gasteiger charge is -2.21. The van der Waals surface area contributed by atoms with Crippen molar-refractivity contribution >= 4 is 29.3 Å². The zero-order chi connectivity index (χ0) is 21.2. The molecule has 0 unspecified atom stereocenters. The molecular weight excluding hydrogens is 374 g/mol. The summed E-state index contributed by atoms with van der Waals surface area (Å²) in [5, 5.41) is 7.84. The van der Waals surface area contributed by atoms with Crippen LogP contribution in [0.5, 0.6) is 5.75 Å². The van der Waals surface area contributed by atoms with Crippen molar-refractivity contribution in [2.24, 2.45) is 5.92 Å². The van der Waals surface area contributed by atoms with Gasteiger partial charge in [-0.3, -0.25) is 4.79 Å². The molecule has 0 aliphatic heterocycles. The molecule has 0 saturated carbocycles. The summed E-state index contributed by atoms with van der Waals surface area (Å²) in [5.41, 5.74) is 1.12. The van der Waals surface area contributed by atoms with E-state index in [1.807, 2.05) is 6.07 Å². The van der Waals surface area contributed by atoms with Gasteiger partial charge in [0.15, 0.2) is 6.61 Å². The molecule has 8 nitrogen and oxygen atoms in total. The second-order valence-corrected chi connectivity index (χ2v) is 6.57. The summed E-state index contributed by atoms with van der Waals surface area (Å²) in [6.45, 7) is 3.07. The number of ether oxygens (including phenoxy) is 2. The average molecular weight is 399 g/mol. The summed E-state index contributed by atoms with van der Waals surface area (Å²) in [6.07, 6.45) is 0. The minimum absolute atomic E-state index is 0.231. The van der Waals surface area contributed by atoms with E-state index in [2.05, 4.69) is 16.0 Å². The van der Waals surface area contributed by atoms with Crippen LogP contribution in [0.2, 0.25) is 0 Å². The summed E-state index contributed by atoms with van der Waals surface area (Å²) in [4.78, 5) is 36.6. The van der Waals surface area contributed by atoms with E-state index in [0.29, 0.717) is 17.1 Å². The summed E-state index contributed by atoms with van der Waals surface area (Å²) < 4.78 is 10.2. The Hall–Kier alpha value is -3.55. The molecule has 0 aliphatic carbocycles. The predicted molar refractivity (Wildman–Crippen MR) is 110 cm³/mol. The highest BCUT2D eigenvalue weighted by Gasteiger charge is 2.26. The standard InChI is InChI=1S/C21H25N3O5/c1-14(2)19(24-21(27)23-15-8-5-4-6-9-15)20(26)29-13-18(25)22-16-10-7-11-17(12-16)28-3/h4-12,14,19H,13H2,1-3H3,(H,22,25)(H2,23,24,27)/t19-/m0/s1. The summed E-state index contributed by atoms with van der Waals surface area (Å²) >= 11 is 0. The van der Waals surface area contributed by atoms with Crippen molar-refractivity contribution in [2.45, 2.75) is 19.9 Å². The van der Waals surface area contributed by atoms with E-state index in [-0.39, 0.29) is 5.92 Å². The molecule has 2 aromatic rings. The van der Waals surface area contributed by atoms with Gasteiger partial charge in [0, 0.05) is 17.4 Å². The molecule has 8 heteroatoms. The second-order valence-electron chi connectivity index (χ2n) is 6.57. The molecule has 0 bridgehead atoms. The Balaban J connectivity index is 1.86. The monoisotopic (exact) mass is 399 g/mol. The molecule has 0 heterocycles. The molecule has 0 fully saturated rings. The minimum Gasteiger partial charge on any atom is -0.497 e. The van der Waals surface area contributed by atoms with Gasteiger partial charge in [-0.1, -0.05) is 38.1 Å². The van der Waals surface area contributed by atoms with Gasteiger partial charge >= 0.3 is 12.0 Å². The fourth-order valence-corrected chi connectivity index (χ4v) is 2.45. The van der Waals surface area contributed by atoms with Gasteiger partial charge in [-0.25, -0.2) is 9.59 Å². The first-order valence-electron chi connectivity index (χ1n) is 9.12. The maximum Gasteiger partial charge on any atom is 0.329 e. The largest absolute Gasteiger partial charge is 0.497 e. The van der Waals surface area contributed by atoms with Gasteiger partial charge in [0.05, 0.1) is 7.11 Å². The van der Waals surface area contributed by atoms with Gasteiger partial charge in [0.2, 0.25) is 0 Å². The zero-order valence-corrected chi connectivity index (χ0v) is 16.6. The first-order valence-corrected chi connectivity index (χ1v) is 9.12. The van der Waals surface area contributed by atoms with E-state index in [1.165, 1.54) is 7.11 Å². The number of para-hydroxylation sites is 1. The molecule has 29 heavy (non-hydrogen) atoms. The number of hydrogen-bond donors (Lipinski definition) is 3. The Morgan fingerprint density at radius 2 is 1.62 bits per heavy atom. The van der Waals surface area contributed by atoms with Gasteiger partial charge in [0.25, 0.3) is 5.91 Å². The lowest BCUT2D eigenvalue weighted by atomic mass is 10.1. The summed E-state index contributed by atoms with van der Waals surface area (Å²) in [5.74, 6) is -0.828. The first-order chi connectivity index (χ1) is 13.9. The molecule has 154 valence electrons. The van der Waals surface area contributed by atoms with Crippen LogP contribution in [0.25, 0.3) is 0 Å². The van der Waals surface area contributed by atoms with Crippen LogP contribution < -0.4 is 20.7 Å². The van der Waals surface area contributed by atoms with Crippen LogP contribution in [0.15, 0.2) is 54.6 Å². The van der Waals surface area contributed by atoms with E-state index < -0.39 is 30.6 Å². The number of methoxy groups -OCH3 is 1. The lowest BCUT2D eigenvalue weighted by molar-refractivity contribution is -0.150. The Kier molecular flexibility index (Phi) is 8.02. The SMILES string of the molecule is COc1cccc(NC(=O)COC(=O)[C@@H](NC(=O)Nc2ccccc2)C(C)C)c1. The molecule has 0 radical (unpaired) electrons. The van der Waals surface area contributed by atoms with Crippen molar-refractivity contribution in [3.05, 3.63) is 54.6 Å². The van der Waals surface area contributed by atoms with Gasteiger partial charge in [-0.15, -0.1) is 0 Å². The lowest BCUT2D eigenvalue weighted by Crippen LogP contribution is -2.47. The van der Waals surface area contributed by atoms with E-state index in [0.717, 1.165) is 0 Å². The van der Waals surface area contributed by atoms with Gasteiger partial charge < -0.3 is 25.4 Å². The van der Waals surface area contributed by atoms with Crippen LogP contribution in [0.3, 0.4) is 0 Å². The Labute approximate surface area is 169 Å². The number of benzene rings is 2. The van der Waals surface area contributed by atoms with E-state index in [4.69, 9.17) is 9.47 Å². The Morgan fingerprint density at radius 1 is 0.931 bits per heavy atom. The molecule has 2 aromatic carbocycles. The quantitative estimate of drug-likeness (QED) is 0.592. The van der Waals surface area contributed by atoms with E-state index in [9.17, 15) is 14.4 Å². The first kappa shape index (κ1) is 21.7. The molecule has 0 spiro atoms. The second kappa shape index (κ2) is 10.7. The Morgan fingerprint density at radius 3 is 2.28 bits per heavy atom. The summed E-state index contributed by atoms with van der Waals surface area (Å²) in [6, 6.07) is 14.2. The molecule has 1 atom stereocenters. The van der Waals surface area contributed by atoms with Crippen LogP contribution in [0.4, 0.5) is 16.2 Å². The number of urea groups is 1. The third kappa shape index (κ3) is 7.17. The number of carbonyl (C=O) groups excluding carboxylic acids is 3. The highest BCUT2D eigenvalue weighted by atomic mass is 16.5. The zero-order valence-electron chi connectivity index (χ0n) is 16.6. The topological polar surface area (TPSA) is 106 Å². The third-order valence-electron chi connectivity index (χ3n) is 3.94. The van der Waals surface area contributed by atoms with Gasteiger partial charge in [-0.05, 0) is 30.2 Å². The van der Waals surface area contributed by atoms with Crippen molar-refractivity contribution < 1.29 is 23.9 Å². The van der Waals surface area contributed by atoms with Crippen LogP contribution in [0.1, 0.15) is 13.8 Å². The van der Waals surface area contributed by atoms with Crippen molar-refractivity contribution in [1.82, 2.24) is 5.32 Å². The van der Waals surface area contributed by atoms with Crippen LogP contribution >= 0.6 is 0 Å². The molecule has 0 saturated heterocycles. The molecule has 0 aromatic heterocycles. The minimum atomic E-state index is -0.900. The fraction of sp³-hybridized carbons (Fsp3) is 0.286. The normalized spacial score (nSPS) is 11.3. The number of rotatable bonds is 8. The van der Waals surface area contributed by atoms with Crippen molar-refractivity contribution in [3.63, 3.8) is 0 Å². The molecular formula is C21H25N3O5. The van der Waals surface area contributed by atoms with Gasteiger partial charge in [-0.2, -0.15) is 0 Å². The highest BCUT2D eigenvalue weighted by molar-refractivity contribution is 5.95. The Bertz CT molecular complexity index is 839. The number of anilines is 2. The molecule has 3 N–H and O–H groups in total. The van der Waals surface area contributed by atoms with Crippen LogP contribution in [0, 0.1) is 5.92 Å². The smallest absolute Gasteiger partial charge is 0.329 e. The third-order valence-corrected chi connectivity index (χ3v) is 3.94. The van der Waals surface area contributed by atoms with Crippen LogP contribution in [-0.2, 0) is 14.3 Å². The fourth-order valence-electron chi connectivity index (χ4n) is 2.45. The van der Waals surface area contributed by atoms with E-state index in [1.54, 1.807) is 62.4 Å². The number of amides is 3. The maximum atomic E-state index is 12.4. The van der Waals surface area contributed by atoms with Crippen molar-refractivity contribution in [2.75, 3.05) is 24.4 Å². The molecule has 0 aliphatic rings. The van der Waals surface area contributed by atoms with Crippen LogP contribution in [-0.4, -0.2) is 37.7 Å².